The fraction of sp³-hybridized carbons (Fsp3) is 0.700. The molecule has 2 fully saturated rings. The SMILES string of the molecule is COc1ccc2c(c1)[C@@]1(C)CCC[C@](C)(C3SCCS3)[C@@H]1CC2. The molecule has 1 saturated carbocycles. The first-order valence-electron chi connectivity index (χ1n) is 8.98. The van der Waals surface area contributed by atoms with Crippen molar-refractivity contribution in [2.24, 2.45) is 11.3 Å². The van der Waals surface area contributed by atoms with Crippen LogP contribution in [0.25, 0.3) is 0 Å². The molecule has 0 unspecified atom stereocenters. The average molecular weight is 349 g/mol. The second kappa shape index (κ2) is 5.91. The summed E-state index contributed by atoms with van der Waals surface area (Å²) in [5.74, 6) is 4.53. The Bertz CT molecular complexity index is 595. The molecular formula is C20H28OS2. The lowest BCUT2D eigenvalue weighted by Gasteiger charge is -2.57. The Morgan fingerprint density at radius 1 is 1.13 bits per heavy atom. The molecule has 0 bridgehead atoms. The molecule has 1 heterocycles. The van der Waals surface area contributed by atoms with Crippen molar-refractivity contribution in [3.63, 3.8) is 0 Å². The highest BCUT2D eigenvalue weighted by Gasteiger charge is 2.55. The molecule has 1 aromatic rings. The van der Waals surface area contributed by atoms with E-state index >= 15 is 0 Å². The summed E-state index contributed by atoms with van der Waals surface area (Å²) < 4.78 is 6.35. The van der Waals surface area contributed by atoms with Crippen LogP contribution in [0.3, 0.4) is 0 Å². The summed E-state index contributed by atoms with van der Waals surface area (Å²) >= 11 is 4.46. The van der Waals surface area contributed by atoms with E-state index in [1.54, 1.807) is 18.2 Å². The standard InChI is InChI=1S/C20H28OS2/c1-19-9-4-10-20(2,18-22-11-12-23-18)17(19)8-6-14-5-7-15(21-3)13-16(14)19/h5,7,13,17-18H,4,6,8-12H2,1-3H3/t17-,19-,20+/m1/s1. The molecule has 0 spiro atoms. The maximum absolute atomic E-state index is 5.55. The molecule has 0 amide bonds. The highest BCUT2D eigenvalue weighted by molar-refractivity contribution is 8.20. The van der Waals surface area contributed by atoms with Crippen molar-refractivity contribution in [1.29, 1.82) is 0 Å². The van der Waals surface area contributed by atoms with Gasteiger partial charge in [0.2, 0.25) is 0 Å². The van der Waals surface area contributed by atoms with E-state index in [9.17, 15) is 0 Å². The van der Waals surface area contributed by atoms with Crippen molar-refractivity contribution in [3.05, 3.63) is 29.3 Å². The first-order valence-corrected chi connectivity index (χ1v) is 11.1. The van der Waals surface area contributed by atoms with Crippen LogP contribution in [0.5, 0.6) is 5.75 Å². The molecule has 1 aliphatic heterocycles. The lowest BCUT2D eigenvalue weighted by molar-refractivity contribution is 0.0388. The number of rotatable bonds is 2. The van der Waals surface area contributed by atoms with E-state index in [1.807, 2.05) is 0 Å². The molecule has 0 radical (unpaired) electrons. The van der Waals surface area contributed by atoms with E-state index in [1.165, 1.54) is 43.6 Å². The maximum atomic E-state index is 5.55. The van der Waals surface area contributed by atoms with E-state index in [-0.39, 0.29) is 0 Å². The van der Waals surface area contributed by atoms with Crippen LogP contribution in [-0.4, -0.2) is 23.2 Å². The second-order valence-corrected chi connectivity index (χ2v) is 10.7. The lowest BCUT2D eigenvalue weighted by Crippen LogP contribution is -2.52. The van der Waals surface area contributed by atoms with E-state index < -0.39 is 0 Å². The number of benzene rings is 1. The van der Waals surface area contributed by atoms with Crippen molar-refractivity contribution >= 4 is 23.5 Å². The fourth-order valence-corrected chi connectivity index (χ4v) is 9.12. The van der Waals surface area contributed by atoms with Gasteiger partial charge in [-0.3, -0.25) is 0 Å². The number of fused-ring (bicyclic) bond motifs is 3. The van der Waals surface area contributed by atoms with Gasteiger partial charge in [-0.1, -0.05) is 26.3 Å². The van der Waals surface area contributed by atoms with Crippen LogP contribution in [0.15, 0.2) is 18.2 Å². The van der Waals surface area contributed by atoms with Crippen molar-refractivity contribution in [2.45, 2.75) is 55.9 Å². The predicted molar refractivity (Wildman–Crippen MR) is 103 cm³/mol. The Hall–Kier alpha value is -0.280. The summed E-state index contributed by atoms with van der Waals surface area (Å²) in [6.45, 7) is 5.16. The average Bonchev–Trinajstić information content (AvgIpc) is 3.09. The third-order valence-electron chi connectivity index (χ3n) is 6.77. The molecular weight excluding hydrogens is 320 g/mol. The Morgan fingerprint density at radius 3 is 2.65 bits per heavy atom. The van der Waals surface area contributed by atoms with Gasteiger partial charge in [0.15, 0.2) is 0 Å². The van der Waals surface area contributed by atoms with E-state index in [0.717, 1.165) is 16.2 Å². The lowest BCUT2D eigenvalue weighted by atomic mass is 9.50. The molecule has 3 atom stereocenters. The minimum Gasteiger partial charge on any atom is -0.497 e. The number of aryl methyl sites for hydroxylation is 1. The minimum atomic E-state index is 0.332. The zero-order valence-corrected chi connectivity index (χ0v) is 16.2. The largest absolute Gasteiger partial charge is 0.497 e. The number of hydrogen-bond donors (Lipinski definition) is 0. The number of thioether (sulfide) groups is 2. The van der Waals surface area contributed by atoms with Crippen molar-refractivity contribution in [2.75, 3.05) is 18.6 Å². The van der Waals surface area contributed by atoms with Gasteiger partial charge in [-0.2, -0.15) is 0 Å². The monoisotopic (exact) mass is 348 g/mol. The maximum Gasteiger partial charge on any atom is 0.119 e. The van der Waals surface area contributed by atoms with Gasteiger partial charge in [0.25, 0.3) is 0 Å². The summed E-state index contributed by atoms with van der Waals surface area (Å²) in [5, 5.41) is 0. The van der Waals surface area contributed by atoms with Crippen molar-refractivity contribution in [3.8, 4) is 5.75 Å². The van der Waals surface area contributed by atoms with E-state index in [0.29, 0.717) is 10.8 Å². The topological polar surface area (TPSA) is 9.23 Å². The third kappa shape index (κ3) is 2.45. The smallest absolute Gasteiger partial charge is 0.119 e. The first kappa shape index (κ1) is 16.2. The molecule has 1 aromatic carbocycles. The Labute approximate surface area is 149 Å². The van der Waals surface area contributed by atoms with E-state index in [2.05, 4.69) is 55.6 Å². The number of methoxy groups -OCH3 is 1. The van der Waals surface area contributed by atoms with E-state index in [4.69, 9.17) is 4.74 Å². The summed E-state index contributed by atoms with van der Waals surface area (Å²) in [5.41, 5.74) is 3.98. The number of ether oxygens (including phenoxy) is 1. The molecule has 126 valence electrons. The molecule has 1 nitrogen and oxygen atoms in total. The Balaban J connectivity index is 1.77. The molecule has 2 aliphatic carbocycles. The van der Waals surface area contributed by atoms with Crippen LogP contribution >= 0.6 is 23.5 Å². The van der Waals surface area contributed by atoms with Gasteiger partial charge in [0, 0.05) is 11.5 Å². The van der Waals surface area contributed by atoms with Gasteiger partial charge in [-0.05, 0) is 65.7 Å². The van der Waals surface area contributed by atoms with Crippen LogP contribution in [0.2, 0.25) is 0 Å². The number of hydrogen-bond acceptors (Lipinski definition) is 3. The fourth-order valence-electron chi connectivity index (χ4n) is 5.64. The molecule has 0 aromatic heterocycles. The zero-order valence-electron chi connectivity index (χ0n) is 14.6. The van der Waals surface area contributed by atoms with Gasteiger partial charge in [0.05, 0.1) is 11.7 Å². The van der Waals surface area contributed by atoms with Crippen molar-refractivity contribution < 1.29 is 4.74 Å². The van der Waals surface area contributed by atoms with Crippen LogP contribution < -0.4 is 4.74 Å². The van der Waals surface area contributed by atoms with Crippen LogP contribution in [0.1, 0.15) is 50.7 Å². The highest BCUT2D eigenvalue weighted by Crippen LogP contribution is 2.62. The molecule has 1 saturated heterocycles. The van der Waals surface area contributed by atoms with Crippen LogP contribution in [0.4, 0.5) is 0 Å². The predicted octanol–water partition coefficient (Wildman–Crippen LogP) is 5.51. The molecule has 23 heavy (non-hydrogen) atoms. The molecule has 0 N–H and O–H groups in total. The van der Waals surface area contributed by atoms with Gasteiger partial charge >= 0.3 is 0 Å². The highest BCUT2D eigenvalue weighted by atomic mass is 32.2. The zero-order chi connectivity index (χ0) is 16.1. The van der Waals surface area contributed by atoms with Crippen LogP contribution in [0, 0.1) is 11.3 Å². The summed E-state index contributed by atoms with van der Waals surface area (Å²) in [4.78, 5) is 0. The van der Waals surface area contributed by atoms with Crippen molar-refractivity contribution in [1.82, 2.24) is 0 Å². The van der Waals surface area contributed by atoms with Gasteiger partial charge in [-0.15, -0.1) is 23.5 Å². The van der Waals surface area contributed by atoms with Gasteiger partial charge < -0.3 is 4.74 Å². The Morgan fingerprint density at radius 2 is 1.91 bits per heavy atom. The Kier molecular flexibility index (Phi) is 4.16. The molecule has 3 heteroatoms. The quantitative estimate of drug-likeness (QED) is 0.697. The van der Waals surface area contributed by atoms with Crippen LogP contribution in [-0.2, 0) is 11.8 Å². The first-order chi connectivity index (χ1) is 11.1. The third-order valence-corrected chi connectivity index (χ3v) is 10.4. The normalized spacial score (nSPS) is 37.3. The molecule has 3 aliphatic rings. The minimum absolute atomic E-state index is 0.332. The summed E-state index contributed by atoms with van der Waals surface area (Å²) in [7, 11) is 1.79. The second-order valence-electron chi connectivity index (χ2n) is 7.96. The molecule has 4 rings (SSSR count). The summed E-state index contributed by atoms with van der Waals surface area (Å²) in [6, 6.07) is 6.82. The summed E-state index contributed by atoms with van der Waals surface area (Å²) in [6.07, 6.45) is 6.74. The van der Waals surface area contributed by atoms with Gasteiger partial charge in [-0.25, -0.2) is 0 Å². The van der Waals surface area contributed by atoms with Gasteiger partial charge in [0.1, 0.15) is 5.75 Å².